The summed E-state index contributed by atoms with van der Waals surface area (Å²) in [7, 11) is 1.75. The molecule has 1 aromatic heterocycles. The smallest absolute Gasteiger partial charge is 0.258 e. The lowest BCUT2D eigenvalue weighted by Gasteiger charge is -2.19. The standard InChI is InChI=1S/C27H22BrN5O2/c1-32(24(34)16-33-14-13-29-17-33)21-10-8-20(9-11-21)30-26(18-5-3-2-4-6-18)25-22-12-7-19(28)15-23(22)31-27(25)35/h2-15,17,30H,16H2,1H3,(H,31,35)/b26-25-. The van der Waals surface area contributed by atoms with Crippen molar-refractivity contribution in [3.63, 3.8) is 0 Å². The molecule has 0 atom stereocenters. The number of carbonyl (C=O) groups is 2. The zero-order chi connectivity index (χ0) is 24.4. The molecule has 0 saturated carbocycles. The van der Waals surface area contributed by atoms with E-state index in [9.17, 15) is 9.59 Å². The van der Waals surface area contributed by atoms with Crippen LogP contribution in [0, 0.1) is 0 Å². The fourth-order valence-electron chi connectivity index (χ4n) is 3.98. The van der Waals surface area contributed by atoms with Crippen molar-refractivity contribution in [2.75, 3.05) is 22.6 Å². The first-order valence-electron chi connectivity index (χ1n) is 11.0. The Morgan fingerprint density at radius 3 is 2.57 bits per heavy atom. The zero-order valence-corrected chi connectivity index (χ0v) is 20.5. The van der Waals surface area contributed by atoms with E-state index >= 15 is 0 Å². The SMILES string of the molecule is CN(C(=O)Cn1ccnc1)c1ccc(N/C(=C2\C(=O)Nc3cc(Br)ccc32)c2ccccc2)cc1. The van der Waals surface area contributed by atoms with Gasteiger partial charge >= 0.3 is 0 Å². The molecule has 3 aromatic carbocycles. The number of fused-ring (bicyclic) bond motifs is 1. The van der Waals surface area contributed by atoms with E-state index in [0.717, 1.165) is 32.7 Å². The number of anilines is 3. The van der Waals surface area contributed by atoms with E-state index in [-0.39, 0.29) is 18.4 Å². The summed E-state index contributed by atoms with van der Waals surface area (Å²) < 4.78 is 2.63. The number of hydrogen-bond acceptors (Lipinski definition) is 4. The molecular formula is C27H22BrN5O2. The summed E-state index contributed by atoms with van der Waals surface area (Å²) in [5.41, 5.74) is 5.35. The van der Waals surface area contributed by atoms with Gasteiger partial charge in [0.15, 0.2) is 0 Å². The molecule has 174 valence electrons. The molecule has 1 aliphatic heterocycles. The highest BCUT2D eigenvalue weighted by Gasteiger charge is 2.28. The van der Waals surface area contributed by atoms with Crippen molar-refractivity contribution in [3.8, 4) is 0 Å². The van der Waals surface area contributed by atoms with Crippen LogP contribution in [0.1, 0.15) is 11.1 Å². The second-order valence-electron chi connectivity index (χ2n) is 8.12. The molecule has 0 spiro atoms. The lowest BCUT2D eigenvalue weighted by molar-refractivity contribution is -0.118. The number of aromatic nitrogens is 2. The van der Waals surface area contributed by atoms with Crippen LogP contribution in [0.4, 0.5) is 17.1 Å². The quantitative estimate of drug-likeness (QED) is 0.336. The van der Waals surface area contributed by atoms with E-state index in [4.69, 9.17) is 0 Å². The molecule has 5 rings (SSSR count). The fourth-order valence-corrected chi connectivity index (χ4v) is 4.34. The van der Waals surface area contributed by atoms with Crippen molar-refractivity contribution in [2.45, 2.75) is 6.54 Å². The number of nitrogens with zero attached hydrogens (tertiary/aromatic N) is 3. The summed E-state index contributed by atoms with van der Waals surface area (Å²) in [4.78, 5) is 31.2. The van der Waals surface area contributed by atoms with E-state index in [1.807, 2.05) is 72.8 Å². The van der Waals surface area contributed by atoms with Gasteiger partial charge in [-0.25, -0.2) is 4.98 Å². The lowest BCUT2D eigenvalue weighted by Crippen LogP contribution is -2.29. The summed E-state index contributed by atoms with van der Waals surface area (Å²) >= 11 is 3.47. The molecule has 0 radical (unpaired) electrons. The molecule has 0 saturated heterocycles. The van der Waals surface area contributed by atoms with Crippen LogP contribution in [-0.4, -0.2) is 28.4 Å². The van der Waals surface area contributed by atoms with Gasteiger partial charge in [-0.1, -0.05) is 52.3 Å². The third kappa shape index (κ3) is 4.74. The maximum absolute atomic E-state index is 13.0. The molecule has 7 nitrogen and oxygen atoms in total. The van der Waals surface area contributed by atoms with Gasteiger partial charge in [-0.15, -0.1) is 0 Å². The highest BCUT2D eigenvalue weighted by Crippen LogP contribution is 2.38. The number of amides is 2. The molecule has 0 fully saturated rings. The van der Waals surface area contributed by atoms with Crippen molar-refractivity contribution in [1.29, 1.82) is 0 Å². The minimum atomic E-state index is -0.161. The van der Waals surface area contributed by atoms with Gasteiger partial charge in [-0.2, -0.15) is 0 Å². The Kier molecular flexibility index (Phi) is 6.20. The number of carbonyl (C=O) groups excluding carboxylic acids is 2. The number of rotatable bonds is 6. The minimum absolute atomic E-state index is 0.0544. The molecule has 8 heteroatoms. The molecule has 2 amide bonds. The second kappa shape index (κ2) is 9.60. The van der Waals surface area contributed by atoms with Crippen molar-refractivity contribution < 1.29 is 9.59 Å². The summed E-state index contributed by atoms with van der Waals surface area (Å²) in [6.45, 7) is 0.214. The normalized spacial score (nSPS) is 13.7. The van der Waals surface area contributed by atoms with Gasteiger partial charge in [-0.3, -0.25) is 9.59 Å². The van der Waals surface area contributed by atoms with Crippen molar-refractivity contribution in [2.24, 2.45) is 0 Å². The molecule has 4 aromatic rings. The van der Waals surface area contributed by atoms with Crippen molar-refractivity contribution in [3.05, 3.63) is 107 Å². The number of halogens is 1. The summed E-state index contributed by atoms with van der Waals surface area (Å²) in [5.74, 6) is -0.216. The summed E-state index contributed by atoms with van der Waals surface area (Å²) in [6.07, 6.45) is 5.02. The average Bonchev–Trinajstić information content (AvgIpc) is 3.49. The van der Waals surface area contributed by atoms with Crippen LogP contribution < -0.4 is 15.5 Å². The van der Waals surface area contributed by atoms with Crippen LogP contribution in [0.5, 0.6) is 0 Å². The summed E-state index contributed by atoms with van der Waals surface area (Å²) in [6, 6.07) is 23.1. The third-order valence-corrected chi connectivity index (χ3v) is 6.31. The van der Waals surface area contributed by atoms with Gasteiger partial charge < -0.3 is 20.1 Å². The van der Waals surface area contributed by atoms with Crippen molar-refractivity contribution >= 4 is 56.1 Å². The molecule has 0 aliphatic carbocycles. The highest BCUT2D eigenvalue weighted by atomic mass is 79.9. The first kappa shape index (κ1) is 22.6. The lowest BCUT2D eigenvalue weighted by atomic mass is 10.00. The monoisotopic (exact) mass is 527 g/mol. The van der Waals surface area contributed by atoms with E-state index < -0.39 is 0 Å². The Labute approximate surface area is 211 Å². The van der Waals surface area contributed by atoms with Crippen LogP contribution in [0.25, 0.3) is 11.3 Å². The Morgan fingerprint density at radius 2 is 1.86 bits per heavy atom. The molecule has 1 aliphatic rings. The predicted molar refractivity (Wildman–Crippen MR) is 142 cm³/mol. The predicted octanol–water partition coefficient (Wildman–Crippen LogP) is 5.24. The minimum Gasteiger partial charge on any atom is -0.354 e. The van der Waals surface area contributed by atoms with Crippen LogP contribution in [0.2, 0.25) is 0 Å². The van der Waals surface area contributed by atoms with Gasteiger partial charge in [0.1, 0.15) is 6.54 Å². The molecule has 0 bridgehead atoms. The number of hydrogen-bond donors (Lipinski definition) is 2. The van der Waals surface area contributed by atoms with E-state index in [0.29, 0.717) is 11.3 Å². The van der Waals surface area contributed by atoms with Crippen LogP contribution in [-0.2, 0) is 16.1 Å². The Balaban J connectivity index is 1.45. The number of nitrogens with one attached hydrogen (secondary N) is 2. The molecule has 0 unspecified atom stereocenters. The number of benzene rings is 3. The third-order valence-electron chi connectivity index (χ3n) is 5.81. The van der Waals surface area contributed by atoms with Gasteiger partial charge in [0.25, 0.3) is 5.91 Å². The summed E-state index contributed by atoms with van der Waals surface area (Å²) in [5, 5.41) is 6.41. The molecule has 2 N–H and O–H groups in total. The van der Waals surface area contributed by atoms with E-state index in [2.05, 4.69) is 31.5 Å². The van der Waals surface area contributed by atoms with E-state index in [1.165, 1.54) is 0 Å². The van der Waals surface area contributed by atoms with Gasteiger partial charge in [0.2, 0.25) is 5.91 Å². The van der Waals surface area contributed by atoms with Crippen molar-refractivity contribution in [1.82, 2.24) is 9.55 Å². The Morgan fingerprint density at radius 1 is 1.09 bits per heavy atom. The second-order valence-corrected chi connectivity index (χ2v) is 9.04. The maximum atomic E-state index is 13.0. The topological polar surface area (TPSA) is 79.3 Å². The highest BCUT2D eigenvalue weighted by molar-refractivity contribution is 9.10. The largest absolute Gasteiger partial charge is 0.354 e. The Hall–Kier alpha value is -4.17. The molecule has 35 heavy (non-hydrogen) atoms. The number of imidazole rings is 1. The van der Waals surface area contributed by atoms with Gasteiger partial charge in [0.05, 0.1) is 23.3 Å². The Bertz CT molecular complexity index is 1410. The van der Waals surface area contributed by atoms with Crippen LogP contribution in [0.3, 0.4) is 0 Å². The number of likely N-dealkylation sites (N-methyl/N-ethyl adjacent to an activating group) is 1. The van der Waals surface area contributed by atoms with E-state index in [1.54, 1.807) is 35.2 Å². The fraction of sp³-hybridized carbons (Fsp3) is 0.0741. The van der Waals surface area contributed by atoms with Gasteiger partial charge in [-0.05, 0) is 42.0 Å². The van der Waals surface area contributed by atoms with Crippen LogP contribution >= 0.6 is 15.9 Å². The first-order chi connectivity index (χ1) is 17.0. The molecule has 2 heterocycles. The van der Waals surface area contributed by atoms with Gasteiger partial charge in [0, 0.05) is 40.9 Å². The maximum Gasteiger partial charge on any atom is 0.258 e. The first-order valence-corrected chi connectivity index (χ1v) is 11.8. The van der Waals surface area contributed by atoms with Crippen LogP contribution in [0.15, 0.2) is 96.0 Å². The average molecular weight is 528 g/mol. The zero-order valence-electron chi connectivity index (χ0n) is 18.9. The molecular weight excluding hydrogens is 506 g/mol.